The Kier molecular flexibility index (Phi) is 4.72. The van der Waals surface area contributed by atoms with Gasteiger partial charge in [-0.3, -0.25) is 4.79 Å². The molecule has 3 rings (SSSR count). The van der Waals surface area contributed by atoms with Gasteiger partial charge in [-0.2, -0.15) is 0 Å². The predicted octanol–water partition coefficient (Wildman–Crippen LogP) is 0.971. The molecule has 2 aliphatic heterocycles. The number of aryl methyl sites for hydroxylation is 1. The van der Waals surface area contributed by atoms with E-state index in [0.717, 1.165) is 19.5 Å². The number of ether oxygens (including phenoxy) is 2. The SMILES string of the molecule is O=C(NCCN1CCCc2ccccc21)[C@H]1COCCO1. The summed E-state index contributed by atoms with van der Waals surface area (Å²) in [5.74, 6) is -0.0694. The lowest BCUT2D eigenvalue weighted by atomic mass is 10.0. The molecule has 0 unspecified atom stereocenters. The van der Waals surface area contributed by atoms with Crippen molar-refractivity contribution in [1.29, 1.82) is 0 Å². The van der Waals surface area contributed by atoms with Crippen molar-refractivity contribution in [3.05, 3.63) is 29.8 Å². The monoisotopic (exact) mass is 290 g/mol. The molecule has 0 aromatic heterocycles. The number of amides is 1. The van der Waals surface area contributed by atoms with E-state index in [2.05, 4.69) is 34.5 Å². The number of nitrogens with zero attached hydrogens (tertiary/aromatic N) is 1. The van der Waals surface area contributed by atoms with Gasteiger partial charge < -0.3 is 19.7 Å². The quantitative estimate of drug-likeness (QED) is 0.898. The molecule has 1 atom stereocenters. The van der Waals surface area contributed by atoms with Crippen molar-refractivity contribution in [2.24, 2.45) is 0 Å². The third-order valence-electron chi connectivity index (χ3n) is 4.00. The number of hydrogen-bond acceptors (Lipinski definition) is 4. The highest BCUT2D eigenvalue weighted by Gasteiger charge is 2.22. The van der Waals surface area contributed by atoms with Gasteiger partial charge in [-0.15, -0.1) is 0 Å². The number of carbonyl (C=O) groups is 1. The topological polar surface area (TPSA) is 50.8 Å². The van der Waals surface area contributed by atoms with Gasteiger partial charge in [0.1, 0.15) is 0 Å². The summed E-state index contributed by atoms with van der Waals surface area (Å²) in [5.41, 5.74) is 2.70. The Morgan fingerprint density at radius 3 is 3.10 bits per heavy atom. The standard InChI is InChI=1S/C16H22N2O3/c19-16(15-12-20-10-11-21-15)17-7-9-18-8-3-5-13-4-1-2-6-14(13)18/h1-2,4,6,15H,3,5,7-12H2,(H,17,19)/t15-/m1/s1. The third kappa shape index (κ3) is 3.54. The molecular weight excluding hydrogens is 268 g/mol. The highest BCUT2D eigenvalue weighted by atomic mass is 16.6. The first-order valence-electron chi connectivity index (χ1n) is 7.64. The molecule has 1 N–H and O–H groups in total. The first kappa shape index (κ1) is 14.4. The fourth-order valence-electron chi connectivity index (χ4n) is 2.91. The van der Waals surface area contributed by atoms with Crippen LogP contribution in [0, 0.1) is 0 Å². The predicted molar refractivity (Wildman–Crippen MR) is 80.5 cm³/mol. The van der Waals surface area contributed by atoms with Gasteiger partial charge >= 0.3 is 0 Å². The molecule has 1 amide bonds. The van der Waals surface area contributed by atoms with Gasteiger partial charge in [0.2, 0.25) is 0 Å². The van der Waals surface area contributed by atoms with Crippen molar-refractivity contribution >= 4 is 11.6 Å². The molecule has 5 nitrogen and oxygen atoms in total. The number of para-hydroxylation sites is 1. The molecule has 2 aliphatic rings. The second-order valence-electron chi connectivity index (χ2n) is 5.44. The Morgan fingerprint density at radius 2 is 2.24 bits per heavy atom. The summed E-state index contributed by atoms with van der Waals surface area (Å²) in [6.45, 7) is 3.95. The minimum absolute atomic E-state index is 0.0694. The number of benzene rings is 1. The van der Waals surface area contributed by atoms with Crippen molar-refractivity contribution in [1.82, 2.24) is 5.32 Å². The molecule has 1 aromatic rings. The van der Waals surface area contributed by atoms with E-state index in [1.807, 2.05) is 0 Å². The minimum atomic E-state index is -0.451. The molecule has 1 fully saturated rings. The van der Waals surface area contributed by atoms with Crippen molar-refractivity contribution in [3.63, 3.8) is 0 Å². The zero-order valence-corrected chi connectivity index (χ0v) is 12.2. The smallest absolute Gasteiger partial charge is 0.251 e. The summed E-state index contributed by atoms with van der Waals surface area (Å²) in [5, 5.41) is 2.94. The van der Waals surface area contributed by atoms with E-state index in [4.69, 9.17) is 9.47 Å². The molecule has 0 saturated carbocycles. The lowest BCUT2D eigenvalue weighted by molar-refractivity contribution is -0.147. The van der Waals surface area contributed by atoms with E-state index in [1.165, 1.54) is 17.7 Å². The molecule has 21 heavy (non-hydrogen) atoms. The van der Waals surface area contributed by atoms with Crippen LogP contribution in [-0.2, 0) is 20.7 Å². The maximum absolute atomic E-state index is 12.0. The number of rotatable bonds is 4. The van der Waals surface area contributed by atoms with Crippen molar-refractivity contribution < 1.29 is 14.3 Å². The van der Waals surface area contributed by atoms with E-state index in [1.54, 1.807) is 0 Å². The molecule has 0 bridgehead atoms. The third-order valence-corrected chi connectivity index (χ3v) is 4.00. The maximum Gasteiger partial charge on any atom is 0.251 e. The zero-order chi connectivity index (χ0) is 14.5. The van der Waals surface area contributed by atoms with Gasteiger partial charge in [0, 0.05) is 25.3 Å². The van der Waals surface area contributed by atoms with E-state index < -0.39 is 6.10 Å². The highest BCUT2D eigenvalue weighted by molar-refractivity contribution is 5.81. The average molecular weight is 290 g/mol. The van der Waals surface area contributed by atoms with Crippen LogP contribution in [0.3, 0.4) is 0 Å². The molecule has 0 radical (unpaired) electrons. The molecule has 1 saturated heterocycles. The average Bonchev–Trinajstić information content (AvgIpc) is 2.56. The number of anilines is 1. The van der Waals surface area contributed by atoms with Gasteiger partial charge in [0.05, 0.1) is 19.8 Å². The first-order chi connectivity index (χ1) is 10.3. The van der Waals surface area contributed by atoms with E-state index >= 15 is 0 Å². The van der Waals surface area contributed by atoms with E-state index in [-0.39, 0.29) is 5.91 Å². The summed E-state index contributed by atoms with van der Waals surface area (Å²) in [4.78, 5) is 14.3. The Bertz CT molecular complexity index is 486. The van der Waals surface area contributed by atoms with Crippen molar-refractivity contribution in [3.8, 4) is 0 Å². The van der Waals surface area contributed by atoms with Gasteiger partial charge in [-0.1, -0.05) is 18.2 Å². The Morgan fingerprint density at radius 1 is 1.33 bits per heavy atom. The van der Waals surface area contributed by atoms with Crippen molar-refractivity contribution in [2.75, 3.05) is 44.4 Å². The van der Waals surface area contributed by atoms with E-state index in [0.29, 0.717) is 26.4 Å². The van der Waals surface area contributed by atoms with Crippen LogP contribution in [0.4, 0.5) is 5.69 Å². The summed E-state index contributed by atoms with van der Waals surface area (Å²) in [6, 6.07) is 8.51. The molecular formula is C16H22N2O3. The Labute approximate surface area is 125 Å². The normalized spacial score (nSPS) is 21.7. The fourth-order valence-corrected chi connectivity index (χ4v) is 2.91. The van der Waals surface area contributed by atoms with Crippen LogP contribution >= 0.6 is 0 Å². The highest BCUT2D eigenvalue weighted by Crippen LogP contribution is 2.25. The zero-order valence-electron chi connectivity index (χ0n) is 12.2. The van der Waals surface area contributed by atoms with Crippen LogP contribution in [0.25, 0.3) is 0 Å². The second kappa shape index (κ2) is 6.91. The minimum Gasteiger partial charge on any atom is -0.376 e. The lowest BCUT2D eigenvalue weighted by Crippen LogP contribution is -2.45. The second-order valence-corrected chi connectivity index (χ2v) is 5.44. The molecule has 5 heteroatoms. The number of nitrogens with one attached hydrogen (secondary N) is 1. The van der Waals surface area contributed by atoms with Gasteiger partial charge in [0.25, 0.3) is 5.91 Å². The maximum atomic E-state index is 12.0. The van der Waals surface area contributed by atoms with Crippen LogP contribution in [0.5, 0.6) is 0 Å². The number of carbonyl (C=O) groups excluding carboxylic acids is 1. The summed E-state index contributed by atoms with van der Waals surface area (Å²) >= 11 is 0. The molecule has 114 valence electrons. The van der Waals surface area contributed by atoms with Gasteiger partial charge in [-0.25, -0.2) is 0 Å². The summed E-state index contributed by atoms with van der Waals surface area (Å²) in [7, 11) is 0. The largest absolute Gasteiger partial charge is 0.376 e. The van der Waals surface area contributed by atoms with E-state index in [9.17, 15) is 4.79 Å². The first-order valence-corrected chi connectivity index (χ1v) is 7.64. The fraction of sp³-hybridized carbons (Fsp3) is 0.562. The van der Waals surface area contributed by atoms with Crippen LogP contribution in [0.15, 0.2) is 24.3 Å². The van der Waals surface area contributed by atoms with Gasteiger partial charge in [0.15, 0.2) is 6.10 Å². The number of fused-ring (bicyclic) bond motifs is 1. The summed E-state index contributed by atoms with van der Waals surface area (Å²) in [6.07, 6.45) is 1.86. The Hall–Kier alpha value is -1.59. The van der Waals surface area contributed by atoms with Crippen LogP contribution in [0.1, 0.15) is 12.0 Å². The van der Waals surface area contributed by atoms with Gasteiger partial charge in [-0.05, 0) is 24.5 Å². The molecule has 0 aliphatic carbocycles. The lowest BCUT2D eigenvalue weighted by Gasteiger charge is -2.31. The van der Waals surface area contributed by atoms with Crippen LogP contribution in [-0.4, -0.2) is 51.5 Å². The molecule has 0 spiro atoms. The van der Waals surface area contributed by atoms with Crippen LogP contribution < -0.4 is 10.2 Å². The summed E-state index contributed by atoms with van der Waals surface area (Å²) < 4.78 is 10.6. The van der Waals surface area contributed by atoms with Crippen molar-refractivity contribution in [2.45, 2.75) is 18.9 Å². The number of hydrogen-bond donors (Lipinski definition) is 1. The molecule has 1 aromatic carbocycles. The molecule has 2 heterocycles. The Balaban J connectivity index is 1.48. The van der Waals surface area contributed by atoms with Crippen LogP contribution in [0.2, 0.25) is 0 Å².